The van der Waals surface area contributed by atoms with Gasteiger partial charge >= 0.3 is 0 Å². The lowest BCUT2D eigenvalue weighted by Crippen LogP contribution is -2.22. The maximum atomic E-state index is 13.8. The van der Waals surface area contributed by atoms with Crippen LogP contribution in [-0.2, 0) is 0 Å². The summed E-state index contributed by atoms with van der Waals surface area (Å²) in [6, 6.07) is 16.2. The Kier molecular flexibility index (Phi) is 5.60. The number of aryl methyl sites for hydroxylation is 1. The van der Waals surface area contributed by atoms with E-state index in [0.717, 1.165) is 20.4 Å². The van der Waals surface area contributed by atoms with Gasteiger partial charge in [0.05, 0.1) is 11.7 Å². The molecule has 0 spiro atoms. The third kappa shape index (κ3) is 3.84. The average molecular weight is 513 g/mol. The van der Waals surface area contributed by atoms with Gasteiger partial charge in [0.15, 0.2) is 0 Å². The van der Waals surface area contributed by atoms with Gasteiger partial charge in [-0.25, -0.2) is 9.37 Å². The fourth-order valence-electron chi connectivity index (χ4n) is 3.62. The predicted molar refractivity (Wildman–Crippen MR) is 128 cm³/mol. The Balaban J connectivity index is 1.91. The lowest BCUT2D eigenvalue weighted by atomic mass is 10.0. The molecule has 0 aliphatic heterocycles. The number of nitrogens with one attached hydrogen (secondary N) is 1. The van der Waals surface area contributed by atoms with E-state index in [1.807, 2.05) is 44.2 Å². The molecular formula is C24H21FIN3O. The van der Waals surface area contributed by atoms with Gasteiger partial charge in [-0.1, -0.05) is 24.3 Å². The molecule has 0 aliphatic carbocycles. The first-order valence-corrected chi connectivity index (χ1v) is 10.7. The fourth-order valence-corrected chi connectivity index (χ4v) is 4.16. The molecule has 4 aromatic rings. The van der Waals surface area contributed by atoms with E-state index < -0.39 is 0 Å². The van der Waals surface area contributed by atoms with Crippen LogP contribution in [0.5, 0.6) is 0 Å². The molecule has 0 saturated heterocycles. The van der Waals surface area contributed by atoms with Crippen molar-refractivity contribution in [2.75, 3.05) is 5.32 Å². The zero-order valence-electron chi connectivity index (χ0n) is 16.9. The summed E-state index contributed by atoms with van der Waals surface area (Å²) in [6.07, 6.45) is 1.80. The molecule has 1 atom stereocenters. The van der Waals surface area contributed by atoms with Crippen molar-refractivity contribution in [3.05, 3.63) is 97.2 Å². The van der Waals surface area contributed by atoms with Crippen LogP contribution in [-0.4, -0.2) is 9.38 Å². The Hall–Kier alpha value is -2.74. The second kappa shape index (κ2) is 8.18. The number of para-hydroxylation sites is 1. The van der Waals surface area contributed by atoms with E-state index in [1.54, 1.807) is 29.7 Å². The Morgan fingerprint density at radius 3 is 2.60 bits per heavy atom. The number of fused-ring (bicyclic) bond motifs is 1. The number of rotatable bonds is 4. The minimum Gasteiger partial charge on any atom is -0.378 e. The summed E-state index contributed by atoms with van der Waals surface area (Å²) >= 11 is 2.29. The molecule has 4 nitrogen and oxygen atoms in total. The van der Waals surface area contributed by atoms with Crippen molar-refractivity contribution in [3.63, 3.8) is 0 Å². The van der Waals surface area contributed by atoms with E-state index in [-0.39, 0.29) is 17.4 Å². The Labute approximate surface area is 187 Å². The van der Waals surface area contributed by atoms with E-state index in [0.29, 0.717) is 22.5 Å². The van der Waals surface area contributed by atoms with E-state index >= 15 is 0 Å². The minimum absolute atomic E-state index is 0.0919. The van der Waals surface area contributed by atoms with Crippen LogP contribution in [0.25, 0.3) is 16.9 Å². The third-order valence-corrected chi connectivity index (χ3v) is 6.07. The predicted octanol–water partition coefficient (Wildman–Crippen LogP) is 5.90. The SMILES string of the molecule is Cc1cc(C(C)Nc2ccccc2I)c2nc(-c3cccc(F)c3)c(C)c(=O)n2c1. The van der Waals surface area contributed by atoms with Gasteiger partial charge < -0.3 is 5.32 Å². The molecule has 1 unspecified atom stereocenters. The lowest BCUT2D eigenvalue weighted by Gasteiger charge is -2.20. The molecule has 2 aromatic heterocycles. The molecule has 0 fully saturated rings. The molecule has 1 N–H and O–H groups in total. The molecule has 152 valence electrons. The molecule has 4 rings (SSSR count). The first-order valence-electron chi connectivity index (χ1n) is 9.65. The maximum absolute atomic E-state index is 13.8. The van der Waals surface area contributed by atoms with Crippen molar-refractivity contribution in [1.29, 1.82) is 0 Å². The van der Waals surface area contributed by atoms with Crippen molar-refractivity contribution >= 4 is 33.9 Å². The number of hydrogen-bond donors (Lipinski definition) is 1. The molecule has 0 bridgehead atoms. The van der Waals surface area contributed by atoms with Crippen molar-refractivity contribution in [2.45, 2.75) is 26.8 Å². The van der Waals surface area contributed by atoms with Crippen LogP contribution in [0.3, 0.4) is 0 Å². The summed E-state index contributed by atoms with van der Waals surface area (Å²) in [5.41, 5.74) is 4.91. The number of anilines is 1. The van der Waals surface area contributed by atoms with Crippen LogP contribution in [0, 0.1) is 23.2 Å². The molecule has 0 aliphatic rings. The molecule has 0 radical (unpaired) electrons. The Morgan fingerprint density at radius 1 is 1.10 bits per heavy atom. The fraction of sp³-hybridized carbons (Fsp3) is 0.167. The molecule has 0 saturated carbocycles. The first-order chi connectivity index (χ1) is 14.3. The summed E-state index contributed by atoms with van der Waals surface area (Å²) < 4.78 is 16.5. The van der Waals surface area contributed by atoms with Gasteiger partial charge in [0, 0.05) is 32.1 Å². The van der Waals surface area contributed by atoms with Crippen LogP contribution < -0.4 is 10.9 Å². The quantitative estimate of drug-likeness (QED) is 0.346. The van der Waals surface area contributed by atoms with Crippen molar-refractivity contribution < 1.29 is 4.39 Å². The molecule has 6 heteroatoms. The summed E-state index contributed by atoms with van der Waals surface area (Å²) in [5.74, 6) is -0.355. The van der Waals surface area contributed by atoms with Gasteiger partial charge in [0.1, 0.15) is 11.5 Å². The molecule has 2 heterocycles. The smallest absolute Gasteiger partial charge is 0.261 e. The zero-order valence-corrected chi connectivity index (χ0v) is 19.1. The number of aromatic nitrogens is 2. The van der Waals surface area contributed by atoms with Crippen LogP contribution in [0.1, 0.15) is 29.7 Å². The maximum Gasteiger partial charge on any atom is 0.261 e. The summed E-state index contributed by atoms with van der Waals surface area (Å²) in [5, 5.41) is 3.53. The number of pyridine rings is 1. The number of hydrogen-bond acceptors (Lipinski definition) is 3. The highest BCUT2D eigenvalue weighted by Crippen LogP contribution is 2.28. The van der Waals surface area contributed by atoms with Crippen LogP contribution in [0.4, 0.5) is 10.1 Å². The molecule has 0 amide bonds. The van der Waals surface area contributed by atoms with Gasteiger partial charge in [-0.3, -0.25) is 9.20 Å². The summed E-state index contributed by atoms with van der Waals surface area (Å²) in [7, 11) is 0. The highest BCUT2D eigenvalue weighted by atomic mass is 127. The highest BCUT2D eigenvalue weighted by molar-refractivity contribution is 14.1. The minimum atomic E-state index is -0.355. The van der Waals surface area contributed by atoms with Crippen LogP contribution in [0.2, 0.25) is 0 Å². The van der Waals surface area contributed by atoms with Crippen molar-refractivity contribution in [3.8, 4) is 11.3 Å². The monoisotopic (exact) mass is 513 g/mol. The second-order valence-corrected chi connectivity index (χ2v) is 8.58. The third-order valence-electron chi connectivity index (χ3n) is 5.13. The molecule has 30 heavy (non-hydrogen) atoms. The normalized spacial score (nSPS) is 12.2. The average Bonchev–Trinajstić information content (AvgIpc) is 2.72. The largest absolute Gasteiger partial charge is 0.378 e. The van der Waals surface area contributed by atoms with E-state index in [4.69, 9.17) is 4.98 Å². The van der Waals surface area contributed by atoms with Gasteiger partial charge in [-0.05, 0) is 79.3 Å². The zero-order chi connectivity index (χ0) is 21.4. The lowest BCUT2D eigenvalue weighted by molar-refractivity contribution is 0.628. The van der Waals surface area contributed by atoms with Gasteiger partial charge in [-0.15, -0.1) is 0 Å². The van der Waals surface area contributed by atoms with Gasteiger partial charge in [0.25, 0.3) is 5.56 Å². The second-order valence-electron chi connectivity index (χ2n) is 7.41. The molecular weight excluding hydrogens is 492 g/mol. The van der Waals surface area contributed by atoms with E-state index in [9.17, 15) is 9.18 Å². The van der Waals surface area contributed by atoms with Crippen LogP contribution >= 0.6 is 22.6 Å². The Bertz CT molecular complexity index is 1320. The number of benzene rings is 2. The van der Waals surface area contributed by atoms with Crippen molar-refractivity contribution in [2.24, 2.45) is 0 Å². The van der Waals surface area contributed by atoms with E-state index in [2.05, 4.69) is 27.9 Å². The number of halogens is 2. The topological polar surface area (TPSA) is 46.4 Å². The standard InChI is InChI=1S/C24H21FIN3O/c1-14-11-19(16(3)27-21-10-5-4-9-20(21)26)23-28-22(15(2)24(30)29(23)13-14)17-7-6-8-18(25)12-17/h4-13,16,27H,1-3H3. The van der Waals surface area contributed by atoms with Crippen molar-refractivity contribution in [1.82, 2.24) is 9.38 Å². The van der Waals surface area contributed by atoms with Gasteiger partial charge in [0.2, 0.25) is 0 Å². The highest BCUT2D eigenvalue weighted by Gasteiger charge is 2.18. The van der Waals surface area contributed by atoms with Crippen LogP contribution in [0.15, 0.2) is 65.6 Å². The molecule has 2 aromatic carbocycles. The summed E-state index contributed by atoms with van der Waals surface area (Å²) in [6.45, 7) is 5.74. The van der Waals surface area contributed by atoms with E-state index in [1.165, 1.54) is 12.1 Å². The number of nitrogens with zero attached hydrogens (tertiary/aromatic N) is 2. The summed E-state index contributed by atoms with van der Waals surface area (Å²) in [4.78, 5) is 18.0. The van der Waals surface area contributed by atoms with Gasteiger partial charge in [-0.2, -0.15) is 0 Å². The first kappa shape index (κ1) is 20.5. The Morgan fingerprint density at radius 2 is 1.87 bits per heavy atom.